The molecule has 410 valence electrons. The summed E-state index contributed by atoms with van der Waals surface area (Å²) in [5.41, 5.74) is 0. The van der Waals surface area contributed by atoms with E-state index in [0.717, 1.165) is 116 Å². The summed E-state index contributed by atoms with van der Waals surface area (Å²) in [6.07, 6.45) is 54.1. The fourth-order valence-corrected chi connectivity index (χ4v) is 8.42. The molecule has 1 saturated heterocycles. The number of nitrogens with one attached hydrogen (secondary N) is 1. The molecule has 1 fully saturated rings. The van der Waals surface area contributed by atoms with Gasteiger partial charge in [-0.05, 0) is 103 Å². The highest BCUT2D eigenvalue weighted by Gasteiger charge is 2.44. The first-order chi connectivity index (χ1) is 34.7. The summed E-state index contributed by atoms with van der Waals surface area (Å²) in [4.78, 5) is 25.1. The van der Waals surface area contributed by atoms with Gasteiger partial charge < -0.3 is 45.1 Å². The number of carbonyl (C=O) groups excluding carboxylic acids is 2. The molecule has 0 aromatic heterocycles. The molecule has 6 N–H and O–H groups in total. The van der Waals surface area contributed by atoms with Gasteiger partial charge in [-0.15, -0.1) is 0 Å². The average molecular weight is 1000 g/mol. The predicted molar refractivity (Wildman–Crippen MR) is 292 cm³/mol. The molecule has 71 heavy (non-hydrogen) atoms. The zero-order valence-electron chi connectivity index (χ0n) is 44.9. The van der Waals surface area contributed by atoms with Crippen LogP contribution in [0.4, 0.5) is 0 Å². The van der Waals surface area contributed by atoms with Gasteiger partial charge in [-0.3, -0.25) is 9.59 Å². The van der Waals surface area contributed by atoms with Crippen molar-refractivity contribution in [3.8, 4) is 0 Å². The van der Waals surface area contributed by atoms with Crippen molar-refractivity contribution in [2.24, 2.45) is 0 Å². The monoisotopic (exact) mass is 1000 g/mol. The van der Waals surface area contributed by atoms with Crippen molar-refractivity contribution in [2.45, 2.75) is 275 Å². The van der Waals surface area contributed by atoms with Crippen molar-refractivity contribution in [1.29, 1.82) is 0 Å². The minimum Gasteiger partial charge on any atom is -0.466 e. The van der Waals surface area contributed by atoms with Crippen LogP contribution in [-0.2, 0) is 23.8 Å². The number of aliphatic hydroxyl groups is 5. The van der Waals surface area contributed by atoms with E-state index in [4.69, 9.17) is 14.2 Å². The van der Waals surface area contributed by atoms with Crippen LogP contribution in [0.5, 0.6) is 0 Å². The molecule has 0 aromatic rings. The summed E-state index contributed by atoms with van der Waals surface area (Å²) in [7, 11) is 0. The molecule has 1 amide bonds. The van der Waals surface area contributed by atoms with Gasteiger partial charge in [-0.1, -0.05) is 189 Å². The smallest absolute Gasteiger partial charge is 0.305 e. The van der Waals surface area contributed by atoms with Crippen molar-refractivity contribution in [3.63, 3.8) is 0 Å². The molecule has 0 aliphatic carbocycles. The summed E-state index contributed by atoms with van der Waals surface area (Å²) in [6, 6.07) is -0.847. The number of ether oxygens (including phenoxy) is 3. The normalized spacial score (nSPS) is 19.7. The van der Waals surface area contributed by atoms with Gasteiger partial charge in [0.25, 0.3) is 0 Å². The molecular formula is C60H105NO10. The van der Waals surface area contributed by atoms with E-state index in [9.17, 15) is 35.1 Å². The van der Waals surface area contributed by atoms with Crippen LogP contribution in [-0.4, -0.2) is 100 Å². The number of esters is 1. The fourth-order valence-electron chi connectivity index (χ4n) is 8.42. The predicted octanol–water partition coefficient (Wildman–Crippen LogP) is 12.8. The lowest BCUT2D eigenvalue weighted by atomic mass is 9.99. The largest absolute Gasteiger partial charge is 0.466 e. The zero-order chi connectivity index (χ0) is 51.7. The number of hydrogen-bond acceptors (Lipinski definition) is 10. The molecule has 7 unspecified atom stereocenters. The van der Waals surface area contributed by atoms with E-state index in [0.29, 0.717) is 19.4 Å². The van der Waals surface area contributed by atoms with Gasteiger partial charge in [-0.25, -0.2) is 0 Å². The lowest BCUT2D eigenvalue weighted by molar-refractivity contribution is -0.302. The van der Waals surface area contributed by atoms with E-state index in [-0.39, 0.29) is 18.5 Å². The second kappa shape index (κ2) is 49.3. The first kappa shape index (κ1) is 66.1. The Morgan fingerprint density at radius 2 is 1.03 bits per heavy atom. The van der Waals surface area contributed by atoms with Gasteiger partial charge in [0.1, 0.15) is 24.4 Å². The summed E-state index contributed by atoms with van der Waals surface area (Å²) in [6.45, 7) is 4.17. The molecule has 11 heteroatoms. The summed E-state index contributed by atoms with van der Waals surface area (Å²) < 4.78 is 16.6. The van der Waals surface area contributed by atoms with Gasteiger partial charge >= 0.3 is 5.97 Å². The summed E-state index contributed by atoms with van der Waals surface area (Å²) >= 11 is 0. The Bertz CT molecular complexity index is 1410. The topological polar surface area (TPSA) is 175 Å². The summed E-state index contributed by atoms with van der Waals surface area (Å²) in [5, 5.41) is 54.4. The second-order valence-corrected chi connectivity index (χ2v) is 19.6. The number of hydrogen-bond donors (Lipinski definition) is 6. The molecule has 1 rings (SSSR count). The third kappa shape index (κ3) is 39.3. The Hall–Kier alpha value is -2.90. The summed E-state index contributed by atoms with van der Waals surface area (Å²) in [5.74, 6) is -0.275. The van der Waals surface area contributed by atoms with Crippen LogP contribution >= 0.6 is 0 Å². The lowest BCUT2D eigenvalue weighted by Gasteiger charge is -2.40. The van der Waals surface area contributed by atoms with Crippen LogP contribution in [0.2, 0.25) is 0 Å². The fraction of sp³-hybridized carbons (Fsp3) is 0.767. The molecule has 1 aliphatic heterocycles. The van der Waals surface area contributed by atoms with Crippen molar-refractivity contribution in [1.82, 2.24) is 5.32 Å². The molecule has 0 bridgehead atoms. The van der Waals surface area contributed by atoms with Gasteiger partial charge in [-0.2, -0.15) is 0 Å². The number of rotatable bonds is 48. The molecule has 1 aliphatic rings. The highest BCUT2D eigenvalue weighted by Crippen LogP contribution is 2.23. The van der Waals surface area contributed by atoms with E-state index in [2.05, 4.69) is 79.9 Å². The Balaban J connectivity index is 2.21. The first-order valence-corrected chi connectivity index (χ1v) is 28.7. The van der Waals surface area contributed by atoms with Gasteiger partial charge in [0.15, 0.2) is 6.29 Å². The van der Waals surface area contributed by atoms with Crippen molar-refractivity contribution >= 4 is 11.9 Å². The quantitative estimate of drug-likeness (QED) is 0.0149. The number of carbonyl (C=O) groups is 2. The molecule has 11 nitrogen and oxygen atoms in total. The van der Waals surface area contributed by atoms with Crippen LogP contribution in [0.15, 0.2) is 72.9 Å². The standard InChI is InChI=1S/C60H105NO10/c1-3-5-7-9-11-13-15-17-19-23-26-30-34-38-42-46-53(63)52(51-70-60-59(68)58(67)57(66)54(50-62)71-60)61-55(64)47-43-39-35-31-27-24-20-18-21-25-29-33-37-41-45-49-69-56(65)48-44-40-36-32-28-22-16-14-12-10-8-6-4-2/h8,10,14,16,18,21,25-26,29-30,42,46,52-54,57-60,62-63,66-68H,3-7,9,11-13,15,17,19-20,22-24,27-28,31-41,43-45,47-51H2,1-2H3,(H,61,64)/b10-8-,16-14-,21-18-,29-25-,30-26+,46-42+. The number of aliphatic hydroxyl groups excluding tert-OH is 5. The minimum atomic E-state index is -1.59. The number of unbranched alkanes of at least 4 members (excludes halogenated alkanes) is 25. The Morgan fingerprint density at radius 1 is 0.535 bits per heavy atom. The zero-order valence-corrected chi connectivity index (χ0v) is 44.9. The maximum Gasteiger partial charge on any atom is 0.305 e. The third-order valence-corrected chi connectivity index (χ3v) is 13.0. The minimum absolute atomic E-state index is 0.0582. The highest BCUT2D eigenvalue weighted by molar-refractivity contribution is 5.76. The maximum atomic E-state index is 13.0. The van der Waals surface area contributed by atoms with Crippen molar-refractivity contribution in [2.75, 3.05) is 19.8 Å². The number of allylic oxidation sites excluding steroid dienone is 11. The van der Waals surface area contributed by atoms with E-state index >= 15 is 0 Å². The molecule has 7 atom stereocenters. The molecule has 0 saturated carbocycles. The van der Waals surface area contributed by atoms with Crippen molar-refractivity contribution in [3.05, 3.63) is 72.9 Å². The van der Waals surface area contributed by atoms with E-state index in [1.165, 1.54) is 89.9 Å². The van der Waals surface area contributed by atoms with Gasteiger partial charge in [0, 0.05) is 12.8 Å². The van der Waals surface area contributed by atoms with Crippen LogP contribution in [0.3, 0.4) is 0 Å². The highest BCUT2D eigenvalue weighted by atomic mass is 16.7. The molecule has 0 aromatic carbocycles. The molecule has 1 heterocycles. The Morgan fingerprint density at radius 3 is 1.62 bits per heavy atom. The maximum absolute atomic E-state index is 13.0. The van der Waals surface area contributed by atoms with Crippen LogP contribution < -0.4 is 5.32 Å². The SMILES string of the molecule is CCC/C=C\C/C=C\CCCCCCCC(=O)OCCCCC/C=C\C=C/CCCCCCCCC(=O)NC(COC1OC(CO)C(O)C(O)C1O)C(O)/C=C/CC/C=C/CCCCCCCCCCC. The van der Waals surface area contributed by atoms with E-state index in [1.807, 2.05) is 6.08 Å². The molecular weight excluding hydrogens is 895 g/mol. The van der Waals surface area contributed by atoms with E-state index in [1.54, 1.807) is 6.08 Å². The third-order valence-electron chi connectivity index (χ3n) is 13.0. The first-order valence-electron chi connectivity index (χ1n) is 28.7. The van der Waals surface area contributed by atoms with Gasteiger partial charge in [0.2, 0.25) is 5.91 Å². The Labute approximate surface area is 432 Å². The number of amides is 1. The van der Waals surface area contributed by atoms with Crippen LogP contribution in [0.1, 0.15) is 232 Å². The van der Waals surface area contributed by atoms with E-state index < -0.39 is 49.5 Å². The van der Waals surface area contributed by atoms with Crippen molar-refractivity contribution < 1.29 is 49.3 Å². The second-order valence-electron chi connectivity index (χ2n) is 19.6. The lowest BCUT2D eigenvalue weighted by Crippen LogP contribution is -2.60. The average Bonchev–Trinajstić information content (AvgIpc) is 3.37. The molecule has 0 radical (unpaired) electrons. The van der Waals surface area contributed by atoms with Crippen LogP contribution in [0.25, 0.3) is 0 Å². The van der Waals surface area contributed by atoms with Crippen LogP contribution in [0, 0.1) is 0 Å². The Kier molecular flexibility index (Phi) is 45.9. The molecule has 0 spiro atoms. The van der Waals surface area contributed by atoms with Gasteiger partial charge in [0.05, 0.1) is 32.0 Å².